The molecule has 3 rings (SSSR count). The lowest BCUT2D eigenvalue weighted by molar-refractivity contribution is 0.278. The van der Waals surface area contributed by atoms with Crippen molar-refractivity contribution in [2.24, 2.45) is 11.1 Å². The Kier molecular flexibility index (Phi) is 3.53. The van der Waals surface area contributed by atoms with Crippen LogP contribution >= 0.6 is 15.9 Å². The number of rotatable bonds is 1. The van der Waals surface area contributed by atoms with Gasteiger partial charge in [0.1, 0.15) is 0 Å². The molecular formula is C18H23BrN2. The molecule has 0 aliphatic heterocycles. The highest BCUT2D eigenvalue weighted by Crippen LogP contribution is 2.42. The summed E-state index contributed by atoms with van der Waals surface area (Å²) >= 11 is 3.60. The first-order valence-electron chi connectivity index (χ1n) is 7.52. The van der Waals surface area contributed by atoms with E-state index < -0.39 is 0 Å². The van der Waals surface area contributed by atoms with Crippen molar-refractivity contribution in [3.8, 4) is 5.69 Å². The van der Waals surface area contributed by atoms with Crippen LogP contribution in [0.2, 0.25) is 0 Å². The molecule has 2 aromatic rings. The minimum atomic E-state index is 0.149. The summed E-state index contributed by atoms with van der Waals surface area (Å²) in [6, 6.07) is 8.89. The van der Waals surface area contributed by atoms with Gasteiger partial charge in [-0.1, -0.05) is 35.8 Å². The van der Waals surface area contributed by atoms with Crippen molar-refractivity contribution < 1.29 is 0 Å². The van der Waals surface area contributed by atoms with Crippen LogP contribution in [0.4, 0.5) is 0 Å². The average molecular weight is 347 g/mol. The summed E-state index contributed by atoms with van der Waals surface area (Å²) in [5.41, 5.74) is 13.2. The first kappa shape index (κ1) is 14.9. The van der Waals surface area contributed by atoms with E-state index in [-0.39, 0.29) is 11.5 Å². The Morgan fingerprint density at radius 3 is 2.67 bits per heavy atom. The SMILES string of the molecule is Cc1ccc(Br)cc1-n1c(C)cc2c1CC(C)(C)CC2N. The quantitative estimate of drug-likeness (QED) is 0.787. The Morgan fingerprint density at radius 2 is 1.95 bits per heavy atom. The van der Waals surface area contributed by atoms with Crippen molar-refractivity contribution in [3.05, 3.63) is 51.3 Å². The summed E-state index contributed by atoms with van der Waals surface area (Å²) in [7, 11) is 0. The van der Waals surface area contributed by atoms with Crippen LogP contribution < -0.4 is 5.73 Å². The first-order chi connectivity index (χ1) is 9.78. The van der Waals surface area contributed by atoms with Gasteiger partial charge in [0.25, 0.3) is 0 Å². The first-order valence-corrected chi connectivity index (χ1v) is 8.31. The van der Waals surface area contributed by atoms with Crippen molar-refractivity contribution in [3.63, 3.8) is 0 Å². The highest BCUT2D eigenvalue weighted by atomic mass is 79.9. The highest BCUT2D eigenvalue weighted by Gasteiger charge is 2.33. The van der Waals surface area contributed by atoms with Crippen LogP contribution in [-0.2, 0) is 6.42 Å². The maximum absolute atomic E-state index is 6.43. The van der Waals surface area contributed by atoms with Crippen molar-refractivity contribution in [1.82, 2.24) is 4.57 Å². The molecule has 1 atom stereocenters. The lowest BCUT2D eigenvalue weighted by Gasteiger charge is -2.34. The van der Waals surface area contributed by atoms with Gasteiger partial charge in [0.15, 0.2) is 0 Å². The third-order valence-electron chi connectivity index (χ3n) is 4.55. The van der Waals surface area contributed by atoms with Gasteiger partial charge in [0.2, 0.25) is 0 Å². The zero-order chi connectivity index (χ0) is 15.4. The predicted octanol–water partition coefficient (Wildman–Crippen LogP) is 4.83. The van der Waals surface area contributed by atoms with E-state index in [2.05, 4.69) is 72.5 Å². The van der Waals surface area contributed by atoms with Crippen LogP contribution in [-0.4, -0.2) is 4.57 Å². The second kappa shape index (κ2) is 4.99. The number of nitrogens with two attached hydrogens (primary N) is 1. The molecule has 2 nitrogen and oxygen atoms in total. The molecule has 0 bridgehead atoms. The average Bonchev–Trinajstić information content (AvgIpc) is 2.68. The number of fused-ring (bicyclic) bond motifs is 1. The third kappa shape index (κ3) is 2.58. The van der Waals surface area contributed by atoms with Gasteiger partial charge in [-0.25, -0.2) is 0 Å². The van der Waals surface area contributed by atoms with Crippen molar-refractivity contribution in [2.75, 3.05) is 0 Å². The maximum atomic E-state index is 6.43. The Labute approximate surface area is 135 Å². The number of benzene rings is 1. The molecule has 21 heavy (non-hydrogen) atoms. The minimum absolute atomic E-state index is 0.149. The fourth-order valence-corrected chi connectivity index (χ4v) is 3.96. The van der Waals surface area contributed by atoms with Crippen molar-refractivity contribution >= 4 is 15.9 Å². The zero-order valence-corrected chi connectivity index (χ0v) is 14.8. The Morgan fingerprint density at radius 1 is 1.24 bits per heavy atom. The normalized spacial score (nSPS) is 20.4. The summed E-state index contributed by atoms with van der Waals surface area (Å²) in [6.45, 7) is 8.98. The lowest BCUT2D eigenvalue weighted by Crippen LogP contribution is -2.30. The van der Waals surface area contributed by atoms with Crippen LogP contribution in [0.1, 0.15) is 48.8 Å². The molecule has 1 aliphatic carbocycles. The van der Waals surface area contributed by atoms with E-state index >= 15 is 0 Å². The van der Waals surface area contributed by atoms with Crippen LogP contribution in [0.3, 0.4) is 0 Å². The third-order valence-corrected chi connectivity index (χ3v) is 5.04. The number of nitrogens with zero attached hydrogens (tertiary/aromatic N) is 1. The van der Waals surface area contributed by atoms with Crippen LogP contribution in [0.25, 0.3) is 5.69 Å². The van der Waals surface area contributed by atoms with Gasteiger partial charge in [0.05, 0.1) is 0 Å². The molecule has 3 heteroatoms. The molecule has 1 aromatic carbocycles. The van der Waals surface area contributed by atoms with E-state index in [9.17, 15) is 0 Å². The Bertz CT molecular complexity index is 697. The predicted molar refractivity (Wildman–Crippen MR) is 92.0 cm³/mol. The van der Waals surface area contributed by atoms with Crippen LogP contribution in [0.15, 0.2) is 28.7 Å². The molecule has 1 unspecified atom stereocenters. The molecule has 0 radical (unpaired) electrons. The fourth-order valence-electron chi connectivity index (χ4n) is 3.61. The standard InChI is InChI=1S/C18H23BrN2/c1-11-5-6-13(19)8-16(11)21-12(2)7-14-15(20)9-18(3,4)10-17(14)21/h5-8,15H,9-10,20H2,1-4H3. The molecular weight excluding hydrogens is 324 g/mol. The molecule has 1 aliphatic rings. The minimum Gasteiger partial charge on any atom is -0.324 e. The number of hydrogen-bond donors (Lipinski definition) is 1. The molecule has 0 spiro atoms. The second-order valence-electron chi connectivity index (χ2n) is 7.11. The fraction of sp³-hybridized carbons (Fsp3) is 0.444. The van der Waals surface area contributed by atoms with E-state index in [1.54, 1.807) is 0 Å². The molecule has 2 N–H and O–H groups in total. The Balaban J connectivity index is 2.23. The topological polar surface area (TPSA) is 30.9 Å². The van der Waals surface area contributed by atoms with Crippen LogP contribution in [0, 0.1) is 19.3 Å². The molecule has 1 heterocycles. The molecule has 0 amide bonds. The largest absolute Gasteiger partial charge is 0.324 e. The van der Waals surface area contributed by atoms with Crippen LogP contribution in [0.5, 0.6) is 0 Å². The summed E-state index contributed by atoms with van der Waals surface area (Å²) < 4.78 is 3.51. The number of hydrogen-bond acceptors (Lipinski definition) is 1. The number of aromatic nitrogens is 1. The van der Waals surface area contributed by atoms with Gasteiger partial charge in [-0.2, -0.15) is 0 Å². The maximum Gasteiger partial charge on any atom is 0.0495 e. The van der Waals surface area contributed by atoms with E-state index in [0.717, 1.165) is 17.3 Å². The van der Waals surface area contributed by atoms with Gasteiger partial charge in [0, 0.05) is 27.6 Å². The van der Waals surface area contributed by atoms with Gasteiger partial charge in [-0.05, 0) is 61.4 Å². The number of halogens is 1. The van der Waals surface area contributed by atoms with E-state index in [1.807, 2.05) is 0 Å². The molecule has 1 aromatic heterocycles. The molecule has 112 valence electrons. The number of aryl methyl sites for hydroxylation is 2. The second-order valence-corrected chi connectivity index (χ2v) is 8.02. The summed E-state index contributed by atoms with van der Waals surface area (Å²) in [4.78, 5) is 0. The molecule has 0 saturated heterocycles. The van der Waals surface area contributed by atoms with Crippen molar-refractivity contribution in [1.29, 1.82) is 0 Å². The lowest BCUT2D eigenvalue weighted by atomic mass is 9.74. The zero-order valence-electron chi connectivity index (χ0n) is 13.2. The highest BCUT2D eigenvalue weighted by molar-refractivity contribution is 9.10. The molecule has 0 saturated carbocycles. The van der Waals surface area contributed by atoms with E-state index in [1.165, 1.54) is 28.2 Å². The van der Waals surface area contributed by atoms with Gasteiger partial charge < -0.3 is 10.3 Å². The summed E-state index contributed by atoms with van der Waals surface area (Å²) in [5.74, 6) is 0. The van der Waals surface area contributed by atoms with E-state index in [4.69, 9.17) is 5.73 Å². The summed E-state index contributed by atoms with van der Waals surface area (Å²) in [5, 5.41) is 0. The van der Waals surface area contributed by atoms with Gasteiger partial charge in [-0.15, -0.1) is 0 Å². The van der Waals surface area contributed by atoms with Gasteiger partial charge in [-0.3, -0.25) is 0 Å². The Hall–Kier alpha value is -1.06. The molecule has 0 fully saturated rings. The smallest absolute Gasteiger partial charge is 0.0495 e. The van der Waals surface area contributed by atoms with Gasteiger partial charge >= 0.3 is 0 Å². The van der Waals surface area contributed by atoms with E-state index in [0.29, 0.717) is 0 Å². The summed E-state index contributed by atoms with van der Waals surface area (Å²) in [6.07, 6.45) is 2.14. The van der Waals surface area contributed by atoms with Crippen molar-refractivity contribution in [2.45, 2.75) is 46.6 Å². The monoisotopic (exact) mass is 346 g/mol.